The standard InChI is InChI=1S/C12H18N2O2/c1-4-12(2,3)9-13-10-7-5-6-8-11(10)14(15)16/h5-8,13H,4,9H2,1-3H3. The van der Waals surface area contributed by atoms with Gasteiger partial charge in [0.2, 0.25) is 0 Å². The SMILES string of the molecule is CCC(C)(C)CNc1ccccc1[N+](=O)[O-]. The fraction of sp³-hybridized carbons (Fsp3) is 0.500. The van der Waals surface area contributed by atoms with Gasteiger partial charge in [0.1, 0.15) is 5.69 Å². The van der Waals surface area contributed by atoms with Crippen LogP contribution in [0.15, 0.2) is 24.3 Å². The number of nitro groups is 1. The molecule has 1 aromatic carbocycles. The summed E-state index contributed by atoms with van der Waals surface area (Å²) in [7, 11) is 0. The average Bonchev–Trinajstić information content (AvgIpc) is 2.27. The first-order valence-corrected chi connectivity index (χ1v) is 5.43. The van der Waals surface area contributed by atoms with E-state index in [2.05, 4.69) is 26.1 Å². The molecule has 0 radical (unpaired) electrons. The third-order valence-corrected chi connectivity index (χ3v) is 2.82. The molecule has 0 saturated carbocycles. The summed E-state index contributed by atoms with van der Waals surface area (Å²) in [6.45, 7) is 7.11. The first-order valence-electron chi connectivity index (χ1n) is 5.43. The number of para-hydroxylation sites is 2. The van der Waals surface area contributed by atoms with Gasteiger partial charge >= 0.3 is 0 Å². The highest BCUT2D eigenvalue weighted by Gasteiger charge is 2.17. The average molecular weight is 222 g/mol. The van der Waals surface area contributed by atoms with E-state index in [0.29, 0.717) is 5.69 Å². The Morgan fingerprint density at radius 1 is 1.38 bits per heavy atom. The van der Waals surface area contributed by atoms with E-state index in [1.54, 1.807) is 18.2 Å². The smallest absolute Gasteiger partial charge is 0.292 e. The van der Waals surface area contributed by atoms with E-state index in [1.165, 1.54) is 6.07 Å². The molecule has 0 aliphatic heterocycles. The summed E-state index contributed by atoms with van der Waals surface area (Å²) in [5.74, 6) is 0. The third kappa shape index (κ3) is 3.22. The Hall–Kier alpha value is -1.58. The van der Waals surface area contributed by atoms with Gasteiger partial charge in [0.05, 0.1) is 4.92 Å². The highest BCUT2D eigenvalue weighted by Crippen LogP contribution is 2.26. The zero-order valence-corrected chi connectivity index (χ0v) is 9.99. The molecule has 1 N–H and O–H groups in total. The summed E-state index contributed by atoms with van der Waals surface area (Å²) in [4.78, 5) is 10.4. The fourth-order valence-electron chi connectivity index (χ4n) is 1.24. The number of nitrogens with one attached hydrogen (secondary N) is 1. The van der Waals surface area contributed by atoms with E-state index < -0.39 is 0 Å². The van der Waals surface area contributed by atoms with Gasteiger partial charge in [-0.25, -0.2) is 0 Å². The molecule has 0 bridgehead atoms. The maximum atomic E-state index is 10.8. The Kier molecular flexibility index (Phi) is 3.88. The molecule has 0 heterocycles. The number of rotatable bonds is 5. The summed E-state index contributed by atoms with van der Waals surface area (Å²) in [5, 5.41) is 13.9. The van der Waals surface area contributed by atoms with Crippen LogP contribution < -0.4 is 5.32 Å². The Morgan fingerprint density at radius 2 is 2.00 bits per heavy atom. The van der Waals surface area contributed by atoms with Crippen LogP contribution in [0.5, 0.6) is 0 Å². The van der Waals surface area contributed by atoms with Gasteiger partial charge in [-0.2, -0.15) is 0 Å². The van der Waals surface area contributed by atoms with Crippen molar-refractivity contribution in [2.45, 2.75) is 27.2 Å². The molecular formula is C12H18N2O2. The highest BCUT2D eigenvalue weighted by molar-refractivity contribution is 5.61. The van der Waals surface area contributed by atoms with Crippen LogP contribution in [0, 0.1) is 15.5 Å². The summed E-state index contributed by atoms with van der Waals surface area (Å²) < 4.78 is 0. The lowest BCUT2D eigenvalue weighted by molar-refractivity contribution is -0.384. The molecule has 4 heteroatoms. The molecular weight excluding hydrogens is 204 g/mol. The van der Waals surface area contributed by atoms with Crippen molar-refractivity contribution in [3.8, 4) is 0 Å². The molecule has 0 unspecified atom stereocenters. The molecule has 0 atom stereocenters. The van der Waals surface area contributed by atoms with E-state index in [4.69, 9.17) is 0 Å². The molecule has 0 aromatic heterocycles. The Balaban J connectivity index is 2.78. The first kappa shape index (κ1) is 12.5. The van der Waals surface area contributed by atoms with Crippen LogP contribution in [0.25, 0.3) is 0 Å². The maximum Gasteiger partial charge on any atom is 0.292 e. The minimum Gasteiger partial charge on any atom is -0.379 e. The van der Waals surface area contributed by atoms with Gasteiger partial charge in [0, 0.05) is 12.6 Å². The number of hydrogen-bond acceptors (Lipinski definition) is 3. The quantitative estimate of drug-likeness (QED) is 0.613. The van der Waals surface area contributed by atoms with Crippen LogP contribution in [0.1, 0.15) is 27.2 Å². The summed E-state index contributed by atoms with van der Waals surface area (Å²) in [6.07, 6.45) is 1.03. The molecule has 16 heavy (non-hydrogen) atoms. The Labute approximate surface area is 95.8 Å². The van der Waals surface area contributed by atoms with E-state index >= 15 is 0 Å². The monoisotopic (exact) mass is 222 g/mol. The lowest BCUT2D eigenvalue weighted by Crippen LogP contribution is -2.22. The van der Waals surface area contributed by atoms with Gasteiger partial charge in [-0.3, -0.25) is 10.1 Å². The number of nitro benzene ring substituents is 1. The zero-order chi connectivity index (χ0) is 12.2. The minimum absolute atomic E-state index is 0.134. The van der Waals surface area contributed by atoms with Gasteiger partial charge in [0.15, 0.2) is 0 Å². The predicted molar refractivity (Wildman–Crippen MR) is 65.7 cm³/mol. The molecule has 0 aliphatic carbocycles. The third-order valence-electron chi connectivity index (χ3n) is 2.82. The van der Waals surface area contributed by atoms with Gasteiger partial charge < -0.3 is 5.32 Å². The second kappa shape index (κ2) is 4.96. The molecule has 0 saturated heterocycles. The topological polar surface area (TPSA) is 55.2 Å². The van der Waals surface area contributed by atoms with Crippen molar-refractivity contribution in [1.29, 1.82) is 0 Å². The zero-order valence-electron chi connectivity index (χ0n) is 9.99. The van der Waals surface area contributed by atoms with Crippen LogP contribution in [-0.4, -0.2) is 11.5 Å². The van der Waals surface area contributed by atoms with E-state index in [1.807, 2.05) is 0 Å². The van der Waals surface area contributed by atoms with Crippen molar-refractivity contribution in [2.75, 3.05) is 11.9 Å². The van der Waals surface area contributed by atoms with Crippen molar-refractivity contribution < 1.29 is 4.92 Å². The van der Waals surface area contributed by atoms with Crippen molar-refractivity contribution in [2.24, 2.45) is 5.41 Å². The molecule has 0 amide bonds. The lowest BCUT2D eigenvalue weighted by Gasteiger charge is -2.23. The maximum absolute atomic E-state index is 10.8. The van der Waals surface area contributed by atoms with Crippen LogP contribution in [0.4, 0.5) is 11.4 Å². The normalized spacial score (nSPS) is 11.2. The van der Waals surface area contributed by atoms with Crippen LogP contribution in [0.2, 0.25) is 0 Å². The number of hydrogen-bond donors (Lipinski definition) is 1. The summed E-state index contributed by atoms with van der Waals surface area (Å²) in [5.41, 5.74) is 0.868. The predicted octanol–water partition coefficient (Wildman–Crippen LogP) is 3.44. The van der Waals surface area contributed by atoms with Crippen molar-refractivity contribution in [1.82, 2.24) is 0 Å². The van der Waals surface area contributed by atoms with Crippen molar-refractivity contribution in [3.63, 3.8) is 0 Å². The van der Waals surface area contributed by atoms with Crippen LogP contribution in [0.3, 0.4) is 0 Å². The van der Waals surface area contributed by atoms with Crippen molar-refractivity contribution >= 4 is 11.4 Å². The second-order valence-corrected chi connectivity index (χ2v) is 4.65. The fourth-order valence-corrected chi connectivity index (χ4v) is 1.24. The summed E-state index contributed by atoms with van der Waals surface area (Å²) in [6, 6.07) is 6.73. The number of benzene rings is 1. The van der Waals surface area contributed by atoms with E-state index in [-0.39, 0.29) is 16.0 Å². The van der Waals surface area contributed by atoms with Crippen molar-refractivity contribution in [3.05, 3.63) is 34.4 Å². The molecule has 0 fully saturated rings. The van der Waals surface area contributed by atoms with Gasteiger partial charge in [-0.1, -0.05) is 32.9 Å². The largest absolute Gasteiger partial charge is 0.379 e. The molecule has 0 spiro atoms. The second-order valence-electron chi connectivity index (χ2n) is 4.65. The molecule has 4 nitrogen and oxygen atoms in total. The number of nitrogens with zero attached hydrogens (tertiary/aromatic N) is 1. The van der Waals surface area contributed by atoms with Crippen LogP contribution >= 0.6 is 0 Å². The van der Waals surface area contributed by atoms with E-state index in [9.17, 15) is 10.1 Å². The van der Waals surface area contributed by atoms with Gasteiger partial charge in [-0.05, 0) is 17.9 Å². The first-order chi connectivity index (χ1) is 7.46. The lowest BCUT2D eigenvalue weighted by atomic mass is 9.90. The Morgan fingerprint density at radius 3 is 2.56 bits per heavy atom. The highest BCUT2D eigenvalue weighted by atomic mass is 16.6. The molecule has 0 aliphatic rings. The molecule has 1 aromatic rings. The van der Waals surface area contributed by atoms with Gasteiger partial charge in [0.25, 0.3) is 5.69 Å². The van der Waals surface area contributed by atoms with E-state index in [0.717, 1.165) is 13.0 Å². The van der Waals surface area contributed by atoms with Gasteiger partial charge in [-0.15, -0.1) is 0 Å². The Bertz CT molecular complexity index is 375. The van der Waals surface area contributed by atoms with Crippen LogP contribution in [-0.2, 0) is 0 Å². The summed E-state index contributed by atoms with van der Waals surface area (Å²) >= 11 is 0. The molecule has 1 rings (SSSR count). The minimum atomic E-state index is -0.360. The molecule has 88 valence electrons. The number of anilines is 1.